The highest BCUT2D eigenvalue weighted by Gasteiger charge is 2.07. The second-order valence-electron chi connectivity index (χ2n) is 4.61. The number of aryl methyl sites for hydroxylation is 1. The van der Waals surface area contributed by atoms with Crippen LogP contribution < -0.4 is 10.1 Å². The fraction of sp³-hybridized carbons (Fsp3) is 0.467. The Bertz CT molecular complexity index is 348. The fourth-order valence-electron chi connectivity index (χ4n) is 1.56. The van der Waals surface area contributed by atoms with Gasteiger partial charge in [0, 0.05) is 12.6 Å². The summed E-state index contributed by atoms with van der Waals surface area (Å²) in [7, 11) is 0. The first kappa shape index (κ1) is 14.7. The minimum Gasteiger partial charge on any atom is -0.491 e. The van der Waals surface area contributed by atoms with Gasteiger partial charge in [0.2, 0.25) is 0 Å². The van der Waals surface area contributed by atoms with Crippen molar-refractivity contribution < 1.29 is 9.84 Å². The molecule has 3 nitrogen and oxygen atoms in total. The van der Waals surface area contributed by atoms with Crippen molar-refractivity contribution in [3.05, 3.63) is 42.5 Å². The van der Waals surface area contributed by atoms with E-state index in [-0.39, 0.29) is 0 Å². The standard InChI is InChI=1S/C15H23NO2/c1-4-5-13(3)16-10-14(17)11-18-15-8-6-12(2)7-9-15/h4,6-9,13-14,16-17H,1,5,10-11H2,2-3H3. The molecule has 100 valence electrons. The van der Waals surface area contributed by atoms with Crippen LogP contribution in [0.1, 0.15) is 18.9 Å². The van der Waals surface area contributed by atoms with Gasteiger partial charge in [0.25, 0.3) is 0 Å². The van der Waals surface area contributed by atoms with Gasteiger partial charge in [-0.1, -0.05) is 23.8 Å². The smallest absolute Gasteiger partial charge is 0.119 e. The first-order chi connectivity index (χ1) is 8.61. The van der Waals surface area contributed by atoms with E-state index in [9.17, 15) is 5.11 Å². The summed E-state index contributed by atoms with van der Waals surface area (Å²) >= 11 is 0. The van der Waals surface area contributed by atoms with E-state index in [0.29, 0.717) is 19.2 Å². The molecule has 1 rings (SSSR count). The fourth-order valence-corrected chi connectivity index (χ4v) is 1.56. The van der Waals surface area contributed by atoms with E-state index in [1.165, 1.54) is 5.56 Å². The highest BCUT2D eigenvalue weighted by Crippen LogP contribution is 2.11. The molecule has 0 bridgehead atoms. The lowest BCUT2D eigenvalue weighted by Gasteiger charge is -2.16. The third-order valence-corrected chi connectivity index (χ3v) is 2.69. The summed E-state index contributed by atoms with van der Waals surface area (Å²) in [5, 5.41) is 13.0. The molecule has 0 radical (unpaired) electrons. The van der Waals surface area contributed by atoms with E-state index < -0.39 is 6.10 Å². The van der Waals surface area contributed by atoms with Gasteiger partial charge >= 0.3 is 0 Å². The van der Waals surface area contributed by atoms with E-state index in [1.54, 1.807) is 0 Å². The Hall–Kier alpha value is -1.32. The van der Waals surface area contributed by atoms with Crippen molar-refractivity contribution in [1.82, 2.24) is 5.32 Å². The van der Waals surface area contributed by atoms with Crippen LogP contribution in [0.5, 0.6) is 5.75 Å². The number of nitrogens with one attached hydrogen (secondary N) is 1. The number of ether oxygens (including phenoxy) is 1. The van der Waals surface area contributed by atoms with Crippen molar-refractivity contribution in [1.29, 1.82) is 0 Å². The molecule has 2 atom stereocenters. The van der Waals surface area contributed by atoms with Crippen LogP contribution >= 0.6 is 0 Å². The highest BCUT2D eigenvalue weighted by atomic mass is 16.5. The van der Waals surface area contributed by atoms with Gasteiger partial charge in [-0.3, -0.25) is 0 Å². The number of rotatable bonds is 8. The summed E-state index contributed by atoms with van der Waals surface area (Å²) in [5.74, 6) is 0.791. The summed E-state index contributed by atoms with van der Waals surface area (Å²) in [6.45, 7) is 8.61. The highest BCUT2D eigenvalue weighted by molar-refractivity contribution is 5.26. The van der Waals surface area contributed by atoms with Crippen molar-refractivity contribution in [3.8, 4) is 5.75 Å². The molecule has 0 amide bonds. The van der Waals surface area contributed by atoms with Crippen LogP contribution in [0.3, 0.4) is 0 Å². The third kappa shape index (κ3) is 5.84. The van der Waals surface area contributed by atoms with Gasteiger partial charge in [-0.25, -0.2) is 0 Å². The van der Waals surface area contributed by atoms with E-state index in [2.05, 4.69) is 18.8 Å². The molecule has 2 N–H and O–H groups in total. The zero-order valence-electron chi connectivity index (χ0n) is 11.2. The number of benzene rings is 1. The minimum absolute atomic E-state index is 0.302. The predicted molar refractivity (Wildman–Crippen MR) is 75.0 cm³/mol. The Balaban J connectivity index is 2.22. The zero-order chi connectivity index (χ0) is 13.4. The molecule has 0 aromatic heterocycles. The molecular formula is C15H23NO2. The largest absolute Gasteiger partial charge is 0.491 e. The number of hydrogen-bond donors (Lipinski definition) is 2. The van der Waals surface area contributed by atoms with E-state index in [0.717, 1.165) is 12.2 Å². The molecule has 1 aromatic rings. The molecule has 3 heteroatoms. The van der Waals surface area contributed by atoms with Crippen molar-refractivity contribution in [2.45, 2.75) is 32.4 Å². The van der Waals surface area contributed by atoms with Crippen molar-refractivity contribution in [3.63, 3.8) is 0 Å². The molecule has 0 aliphatic rings. The monoisotopic (exact) mass is 249 g/mol. The molecule has 0 aliphatic carbocycles. The average molecular weight is 249 g/mol. The van der Waals surface area contributed by atoms with Gasteiger partial charge in [-0.15, -0.1) is 6.58 Å². The summed E-state index contributed by atoms with van der Waals surface area (Å²) in [6, 6.07) is 8.14. The molecule has 0 heterocycles. The molecular weight excluding hydrogens is 226 g/mol. The van der Waals surface area contributed by atoms with Crippen LogP contribution in [0, 0.1) is 6.92 Å². The van der Waals surface area contributed by atoms with Crippen LogP contribution in [0.25, 0.3) is 0 Å². The van der Waals surface area contributed by atoms with Gasteiger partial charge in [0.05, 0.1) is 0 Å². The Kier molecular flexibility index (Phi) is 6.47. The first-order valence-electron chi connectivity index (χ1n) is 6.33. The van der Waals surface area contributed by atoms with Crippen LogP contribution in [0.2, 0.25) is 0 Å². The Morgan fingerprint density at radius 1 is 1.39 bits per heavy atom. The first-order valence-corrected chi connectivity index (χ1v) is 6.33. The number of aliphatic hydroxyl groups excluding tert-OH is 1. The Morgan fingerprint density at radius 2 is 2.06 bits per heavy atom. The summed E-state index contributed by atoms with van der Waals surface area (Å²) in [4.78, 5) is 0. The van der Waals surface area contributed by atoms with Crippen LogP contribution in [-0.4, -0.2) is 30.4 Å². The van der Waals surface area contributed by atoms with Gasteiger partial charge < -0.3 is 15.2 Å². The van der Waals surface area contributed by atoms with E-state index >= 15 is 0 Å². The average Bonchev–Trinajstić information content (AvgIpc) is 2.36. The topological polar surface area (TPSA) is 41.5 Å². The maximum Gasteiger partial charge on any atom is 0.119 e. The van der Waals surface area contributed by atoms with Crippen molar-refractivity contribution in [2.75, 3.05) is 13.2 Å². The molecule has 0 saturated carbocycles. The molecule has 0 aliphatic heterocycles. The third-order valence-electron chi connectivity index (χ3n) is 2.69. The number of aliphatic hydroxyl groups is 1. The molecule has 18 heavy (non-hydrogen) atoms. The predicted octanol–water partition coefficient (Wildman–Crippen LogP) is 2.29. The second-order valence-corrected chi connectivity index (χ2v) is 4.61. The normalized spacial score (nSPS) is 13.9. The lowest BCUT2D eigenvalue weighted by atomic mass is 10.2. The maximum absolute atomic E-state index is 9.77. The van der Waals surface area contributed by atoms with Crippen LogP contribution in [0.15, 0.2) is 36.9 Å². The van der Waals surface area contributed by atoms with Gasteiger partial charge in [0.1, 0.15) is 18.5 Å². The lowest BCUT2D eigenvalue weighted by Crippen LogP contribution is -2.36. The minimum atomic E-state index is -0.501. The lowest BCUT2D eigenvalue weighted by molar-refractivity contribution is 0.104. The molecule has 2 unspecified atom stereocenters. The molecule has 0 spiro atoms. The number of hydrogen-bond acceptors (Lipinski definition) is 3. The van der Waals surface area contributed by atoms with Crippen molar-refractivity contribution >= 4 is 0 Å². The van der Waals surface area contributed by atoms with Gasteiger partial charge in [-0.2, -0.15) is 0 Å². The van der Waals surface area contributed by atoms with Gasteiger partial charge in [0.15, 0.2) is 0 Å². The summed E-state index contributed by atoms with van der Waals surface area (Å²) < 4.78 is 5.50. The SMILES string of the molecule is C=CCC(C)NCC(O)COc1ccc(C)cc1. The maximum atomic E-state index is 9.77. The van der Waals surface area contributed by atoms with E-state index in [4.69, 9.17) is 4.74 Å². The van der Waals surface area contributed by atoms with Gasteiger partial charge in [-0.05, 0) is 32.4 Å². The molecule has 1 aromatic carbocycles. The molecule has 0 fully saturated rings. The van der Waals surface area contributed by atoms with Crippen molar-refractivity contribution in [2.24, 2.45) is 0 Å². The van der Waals surface area contributed by atoms with Crippen LogP contribution in [0.4, 0.5) is 0 Å². The van der Waals surface area contributed by atoms with E-state index in [1.807, 2.05) is 37.3 Å². The zero-order valence-corrected chi connectivity index (χ0v) is 11.2. The summed E-state index contributed by atoms with van der Waals surface area (Å²) in [5.41, 5.74) is 1.20. The Morgan fingerprint density at radius 3 is 2.67 bits per heavy atom. The summed E-state index contributed by atoms with van der Waals surface area (Å²) in [6.07, 6.45) is 2.26. The Labute approximate surface area is 109 Å². The van der Waals surface area contributed by atoms with Crippen LogP contribution in [-0.2, 0) is 0 Å². The quantitative estimate of drug-likeness (QED) is 0.695. The second kappa shape index (κ2) is 7.90. The molecule has 0 saturated heterocycles.